The van der Waals surface area contributed by atoms with E-state index < -0.39 is 0 Å². The molecule has 1 saturated heterocycles. The number of anilines is 1. The van der Waals surface area contributed by atoms with Gasteiger partial charge in [-0.1, -0.05) is 18.2 Å². The molecule has 176 valence electrons. The molecule has 7 nitrogen and oxygen atoms in total. The van der Waals surface area contributed by atoms with Crippen molar-refractivity contribution in [3.05, 3.63) is 71.2 Å². The van der Waals surface area contributed by atoms with Crippen molar-refractivity contribution < 1.29 is 18.7 Å². The Labute approximate surface area is 198 Å². The minimum Gasteiger partial charge on any atom is -0.496 e. The maximum Gasteiger partial charge on any atom is 0.257 e. The Balaban J connectivity index is 1.49. The number of piperidine rings is 1. The van der Waals surface area contributed by atoms with Gasteiger partial charge in [0.2, 0.25) is 11.8 Å². The lowest BCUT2D eigenvalue weighted by molar-refractivity contribution is 0.0728. The second-order valence-corrected chi connectivity index (χ2v) is 8.54. The number of amides is 1. The van der Waals surface area contributed by atoms with Gasteiger partial charge in [-0.05, 0) is 43.5 Å². The van der Waals surface area contributed by atoms with Gasteiger partial charge >= 0.3 is 0 Å². The zero-order valence-corrected chi connectivity index (χ0v) is 19.2. The number of ether oxygens (including phenoxy) is 2. The Kier molecular flexibility index (Phi) is 6.29. The van der Waals surface area contributed by atoms with E-state index in [0.717, 1.165) is 37.2 Å². The van der Waals surface area contributed by atoms with Gasteiger partial charge in [-0.15, -0.1) is 0 Å². The van der Waals surface area contributed by atoms with Crippen LogP contribution in [0.2, 0.25) is 0 Å². The molecule has 0 atom stereocenters. The molecular weight excluding hydrogens is 435 g/mol. The minimum absolute atomic E-state index is 0.125. The van der Waals surface area contributed by atoms with Crippen molar-refractivity contribution in [3.63, 3.8) is 0 Å². The van der Waals surface area contributed by atoms with Crippen LogP contribution in [-0.2, 0) is 13.0 Å². The molecule has 0 spiro atoms. The number of aromatic nitrogens is 2. The predicted molar refractivity (Wildman–Crippen MR) is 126 cm³/mol. The molecule has 0 radical (unpaired) electrons. The summed E-state index contributed by atoms with van der Waals surface area (Å²) < 4.78 is 25.3. The van der Waals surface area contributed by atoms with Crippen LogP contribution in [0.3, 0.4) is 0 Å². The average Bonchev–Trinajstić information content (AvgIpc) is 2.88. The maximum absolute atomic E-state index is 13.8. The molecule has 2 aliphatic heterocycles. The van der Waals surface area contributed by atoms with E-state index in [9.17, 15) is 9.18 Å². The van der Waals surface area contributed by atoms with Crippen molar-refractivity contribution in [2.24, 2.45) is 0 Å². The highest BCUT2D eigenvalue weighted by atomic mass is 19.1. The van der Waals surface area contributed by atoms with Crippen molar-refractivity contribution in [2.75, 3.05) is 31.6 Å². The fraction of sp³-hybridized carbons (Fsp3) is 0.346. The molecule has 0 bridgehead atoms. The van der Waals surface area contributed by atoms with E-state index in [-0.39, 0.29) is 11.7 Å². The second kappa shape index (κ2) is 9.67. The van der Waals surface area contributed by atoms with Crippen LogP contribution in [0.5, 0.6) is 17.4 Å². The Hall–Kier alpha value is -3.68. The number of hydrogen-bond acceptors (Lipinski definition) is 6. The van der Waals surface area contributed by atoms with Gasteiger partial charge in [0.1, 0.15) is 17.3 Å². The van der Waals surface area contributed by atoms with Crippen LogP contribution in [0.15, 0.2) is 48.5 Å². The Morgan fingerprint density at radius 2 is 1.82 bits per heavy atom. The lowest BCUT2D eigenvalue weighted by Gasteiger charge is -2.32. The fourth-order valence-electron chi connectivity index (χ4n) is 4.50. The van der Waals surface area contributed by atoms with Crippen LogP contribution in [0, 0.1) is 5.82 Å². The van der Waals surface area contributed by atoms with Crippen LogP contribution in [-0.4, -0.2) is 47.5 Å². The molecule has 3 heterocycles. The molecule has 34 heavy (non-hydrogen) atoms. The van der Waals surface area contributed by atoms with Crippen LogP contribution in [0.4, 0.5) is 10.3 Å². The molecule has 1 aromatic heterocycles. The topological polar surface area (TPSA) is 67.8 Å². The highest BCUT2D eigenvalue weighted by Crippen LogP contribution is 2.33. The molecule has 8 heteroatoms. The first kappa shape index (κ1) is 22.1. The molecule has 2 aromatic carbocycles. The van der Waals surface area contributed by atoms with Gasteiger partial charge in [-0.25, -0.2) is 9.37 Å². The SMILES string of the molecule is COc1ccccc1C(=O)N1CCc2nc(N3CCCCC3)nc(Oc3cccc(F)c3)c2C1. The van der Waals surface area contributed by atoms with E-state index in [2.05, 4.69) is 4.90 Å². The van der Waals surface area contributed by atoms with Crippen LogP contribution < -0.4 is 14.4 Å². The van der Waals surface area contributed by atoms with Crippen LogP contribution in [0.1, 0.15) is 40.9 Å². The highest BCUT2D eigenvalue weighted by Gasteiger charge is 2.29. The minimum atomic E-state index is -0.385. The first-order valence-electron chi connectivity index (χ1n) is 11.6. The summed E-state index contributed by atoms with van der Waals surface area (Å²) >= 11 is 0. The number of hydrogen-bond donors (Lipinski definition) is 0. The number of carbonyl (C=O) groups excluding carboxylic acids is 1. The van der Waals surface area contributed by atoms with Crippen LogP contribution in [0.25, 0.3) is 0 Å². The monoisotopic (exact) mass is 462 g/mol. The predicted octanol–water partition coefficient (Wildman–Crippen LogP) is 4.61. The molecular formula is C26H27FN4O3. The van der Waals surface area contributed by atoms with Crippen molar-refractivity contribution in [1.29, 1.82) is 0 Å². The van der Waals surface area contributed by atoms with Crippen molar-refractivity contribution in [2.45, 2.75) is 32.2 Å². The lowest BCUT2D eigenvalue weighted by Crippen LogP contribution is -2.38. The average molecular weight is 463 g/mol. The summed E-state index contributed by atoms with van der Waals surface area (Å²) in [5.74, 6) is 1.39. The summed E-state index contributed by atoms with van der Waals surface area (Å²) in [6, 6.07) is 13.2. The normalized spacial score (nSPS) is 15.6. The Bertz CT molecular complexity index is 1200. The molecule has 0 aliphatic carbocycles. The van der Waals surface area contributed by atoms with Gasteiger partial charge in [0.25, 0.3) is 5.91 Å². The number of para-hydroxylation sites is 1. The Morgan fingerprint density at radius 1 is 1.00 bits per heavy atom. The van der Waals surface area contributed by atoms with Crippen molar-refractivity contribution >= 4 is 11.9 Å². The van der Waals surface area contributed by atoms with Crippen molar-refractivity contribution in [3.8, 4) is 17.4 Å². The van der Waals surface area contributed by atoms with Gasteiger partial charge in [-0.2, -0.15) is 4.98 Å². The number of benzene rings is 2. The van der Waals surface area contributed by atoms with E-state index in [0.29, 0.717) is 48.4 Å². The Morgan fingerprint density at radius 3 is 2.62 bits per heavy atom. The molecule has 5 rings (SSSR count). The first-order valence-corrected chi connectivity index (χ1v) is 11.6. The fourth-order valence-corrected chi connectivity index (χ4v) is 4.50. The van der Waals surface area contributed by atoms with E-state index in [1.54, 1.807) is 36.3 Å². The first-order chi connectivity index (χ1) is 16.6. The van der Waals surface area contributed by atoms with Gasteiger partial charge in [0.05, 0.1) is 30.5 Å². The summed E-state index contributed by atoms with van der Waals surface area (Å²) in [6.07, 6.45) is 3.98. The summed E-state index contributed by atoms with van der Waals surface area (Å²) in [5.41, 5.74) is 2.12. The molecule has 0 saturated carbocycles. The third kappa shape index (κ3) is 4.53. The quantitative estimate of drug-likeness (QED) is 0.552. The molecule has 1 amide bonds. The molecule has 0 unspecified atom stereocenters. The van der Waals surface area contributed by atoms with Gasteiger partial charge < -0.3 is 19.3 Å². The smallest absolute Gasteiger partial charge is 0.257 e. The number of fused-ring (bicyclic) bond motifs is 1. The maximum atomic E-state index is 13.8. The van der Waals surface area contributed by atoms with Gasteiger partial charge in [-0.3, -0.25) is 4.79 Å². The number of carbonyl (C=O) groups is 1. The summed E-state index contributed by atoms with van der Waals surface area (Å²) in [6.45, 7) is 2.63. The molecule has 1 fully saturated rings. The van der Waals surface area contributed by atoms with E-state index in [4.69, 9.17) is 19.4 Å². The summed E-state index contributed by atoms with van der Waals surface area (Å²) in [7, 11) is 1.55. The third-order valence-electron chi connectivity index (χ3n) is 6.28. The van der Waals surface area contributed by atoms with Crippen molar-refractivity contribution in [1.82, 2.24) is 14.9 Å². The summed E-state index contributed by atoms with van der Waals surface area (Å²) in [5, 5.41) is 0. The zero-order chi connectivity index (χ0) is 23.5. The number of methoxy groups -OCH3 is 1. The largest absolute Gasteiger partial charge is 0.496 e. The van der Waals surface area contributed by atoms with Gasteiger partial charge in [0, 0.05) is 32.1 Å². The zero-order valence-electron chi connectivity index (χ0n) is 19.2. The number of rotatable bonds is 5. The van der Waals surface area contributed by atoms with E-state index >= 15 is 0 Å². The highest BCUT2D eigenvalue weighted by molar-refractivity contribution is 5.97. The number of halogens is 1. The van der Waals surface area contributed by atoms with E-state index in [1.165, 1.54) is 18.6 Å². The number of nitrogens with zero attached hydrogens (tertiary/aromatic N) is 4. The van der Waals surface area contributed by atoms with Crippen LogP contribution >= 0.6 is 0 Å². The standard InChI is InChI=1S/C26H27FN4O3/c1-33-23-11-4-3-10-20(23)25(32)31-15-12-22-21(17-31)24(34-19-9-7-8-18(27)16-19)29-26(28-22)30-13-5-2-6-14-30/h3-4,7-11,16H,2,5-6,12-15,17H2,1H3. The molecule has 0 N–H and O–H groups in total. The summed E-state index contributed by atoms with van der Waals surface area (Å²) in [4.78, 5) is 26.8. The third-order valence-corrected chi connectivity index (χ3v) is 6.28. The molecule has 3 aromatic rings. The molecule has 2 aliphatic rings. The lowest BCUT2D eigenvalue weighted by atomic mass is 10.0. The second-order valence-electron chi connectivity index (χ2n) is 8.54. The van der Waals surface area contributed by atoms with Gasteiger partial charge in [0.15, 0.2) is 0 Å². The van der Waals surface area contributed by atoms with E-state index in [1.807, 2.05) is 12.1 Å².